The Morgan fingerprint density at radius 1 is 1.48 bits per heavy atom. The topological polar surface area (TPSA) is 82.8 Å². The molecule has 1 heterocycles. The Labute approximate surface area is 128 Å². The first-order valence-electron chi connectivity index (χ1n) is 6.72. The van der Waals surface area contributed by atoms with Crippen molar-refractivity contribution in [3.63, 3.8) is 0 Å². The number of nitrogens with one attached hydrogen (secondary N) is 1. The molecule has 0 saturated carbocycles. The van der Waals surface area contributed by atoms with E-state index in [4.69, 9.17) is 31.5 Å². The number of halogens is 1. The Balaban J connectivity index is 1.89. The average molecular weight is 315 g/mol. The fraction of sp³-hybridized carbons (Fsp3) is 0.500. The molecule has 1 aliphatic heterocycles. The smallest absolute Gasteiger partial charge is 0.239 e. The van der Waals surface area contributed by atoms with Crippen molar-refractivity contribution >= 4 is 17.5 Å². The lowest BCUT2D eigenvalue weighted by molar-refractivity contribution is -0.123. The number of fused-ring (bicyclic) bond motifs is 1. The zero-order chi connectivity index (χ0) is 15.2. The molecule has 0 radical (unpaired) electrons. The first-order chi connectivity index (χ1) is 10.1. The Morgan fingerprint density at radius 3 is 3.00 bits per heavy atom. The number of benzene rings is 1. The van der Waals surface area contributed by atoms with Crippen LogP contribution in [0.4, 0.5) is 0 Å². The fourth-order valence-electron chi connectivity index (χ4n) is 2.02. The zero-order valence-electron chi connectivity index (χ0n) is 11.9. The van der Waals surface area contributed by atoms with Gasteiger partial charge in [0.1, 0.15) is 19.3 Å². The van der Waals surface area contributed by atoms with E-state index in [0.717, 1.165) is 5.56 Å². The summed E-state index contributed by atoms with van der Waals surface area (Å²) in [6, 6.07) is 3.04. The van der Waals surface area contributed by atoms with Gasteiger partial charge in [-0.3, -0.25) is 4.79 Å². The maximum atomic E-state index is 11.6. The molecular formula is C14H19ClN2O4. The molecule has 1 aromatic rings. The van der Waals surface area contributed by atoms with Crippen LogP contribution in [-0.2, 0) is 16.0 Å². The van der Waals surface area contributed by atoms with Crippen molar-refractivity contribution in [2.24, 2.45) is 5.73 Å². The van der Waals surface area contributed by atoms with Crippen molar-refractivity contribution in [1.82, 2.24) is 5.32 Å². The van der Waals surface area contributed by atoms with Crippen LogP contribution in [0.3, 0.4) is 0 Å². The number of hydrogen-bond acceptors (Lipinski definition) is 5. The van der Waals surface area contributed by atoms with Crippen LogP contribution in [-0.4, -0.2) is 45.4 Å². The molecule has 2 rings (SSSR count). The normalized spacial score (nSPS) is 14.6. The van der Waals surface area contributed by atoms with E-state index in [0.29, 0.717) is 42.7 Å². The summed E-state index contributed by atoms with van der Waals surface area (Å²) in [6.45, 7) is 1.67. The Hall–Kier alpha value is -1.50. The molecule has 7 heteroatoms. The number of methoxy groups -OCH3 is 1. The van der Waals surface area contributed by atoms with E-state index < -0.39 is 6.04 Å². The van der Waals surface area contributed by atoms with Crippen LogP contribution in [0, 0.1) is 0 Å². The summed E-state index contributed by atoms with van der Waals surface area (Å²) in [6.07, 6.45) is 0.627. The summed E-state index contributed by atoms with van der Waals surface area (Å²) in [5.74, 6) is 0.990. The van der Waals surface area contributed by atoms with Crippen molar-refractivity contribution in [1.29, 1.82) is 0 Å². The number of rotatable bonds is 6. The molecule has 0 aliphatic carbocycles. The molecule has 1 atom stereocenters. The third-order valence-corrected chi connectivity index (χ3v) is 3.33. The molecule has 0 spiro atoms. The number of amides is 1. The van der Waals surface area contributed by atoms with Crippen molar-refractivity contribution in [2.45, 2.75) is 12.5 Å². The molecule has 0 fully saturated rings. The summed E-state index contributed by atoms with van der Waals surface area (Å²) < 4.78 is 15.8. The van der Waals surface area contributed by atoms with Gasteiger partial charge in [-0.15, -0.1) is 0 Å². The van der Waals surface area contributed by atoms with Crippen LogP contribution in [0.1, 0.15) is 5.56 Å². The number of carbonyl (C=O) groups excluding carboxylic acids is 1. The van der Waals surface area contributed by atoms with Crippen molar-refractivity contribution < 1.29 is 19.0 Å². The van der Waals surface area contributed by atoms with E-state index in [2.05, 4.69) is 5.32 Å². The lowest BCUT2D eigenvalue weighted by atomic mass is 10.1. The van der Waals surface area contributed by atoms with Crippen molar-refractivity contribution in [3.8, 4) is 11.5 Å². The molecule has 6 nitrogen and oxygen atoms in total. The molecule has 0 aromatic heterocycles. The Morgan fingerprint density at radius 2 is 2.24 bits per heavy atom. The van der Waals surface area contributed by atoms with Gasteiger partial charge < -0.3 is 25.3 Å². The minimum absolute atomic E-state index is 0.196. The number of hydrogen-bond donors (Lipinski definition) is 2. The minimum Gasteiger partial charge on any atom is -0.486 e. The van der Waals surface area contributed by atoms with Crippen molar-refractivity contribution in [3.05, 3.63) is 22.7 Å². The van der Waals surface area contributed by atoms with Gasteiger partial charge in [0.05, 0.1) is 11.6 Å². The molecule has 1 aliphatic rings. The van der Waals surface area contributed by atoms with Gasteiger partial charge in [-0.05, 0) is 24.1 Å². The van der Waals surface area contributed by atoms with Gasteiger partial charge in [0, 0.05) is 13.7 Å². The average Bonchev–Trinajstić information content (AvgIpc) is 2.47. The highest BCUT2D eigenvalue weighted by Crippen LogP contribution is 2.38. The molecule has 1 aromatic carbocycles. The monoisotopic (exact) mass is 314 g/mol. The van der Waals surface area contributed by atoms with Crippen LogP contribution in [0.25, 0.3) is 0 Å². The molecule has 0 saturated heterocycles. The second kappa shape index (κ2) is 7.49. The SMILES string of the molecule is COCC(N)C(=O)NCCc1cc(Cl)c2c(c1)OCCO2. The van der Waals surface area contributed by atoms with Gasteiger partial charge >= 0.3 is 0 Å². The minimum atomic E-state index is -0.654. The number of carbonyl (C=O) groups is 1. The van der Waals surface area contributed by atoms with Crippen molar-refractivity contribution in [2.75, 3.05) is 33.5 Å². The third kappa shape index (κ3) is 4.23. The zero-order valence-corrected chi connectivity index (χ0v) is 12.6. The molecule has 116 valence electrons. The molecule has 21 heavy (non-hydrogen) atoms. The van der Waals surface area contributed by atoms with Gasteiger partial charge in [0.15, 0.2) is 11.5 Å². The second-order valence-electron chi connectivity index (χ2n) is 4.70. The van der Waals surface area contributed by atoms with Crippen LogP contribution in [0.15, 0.2) is 12.1 Å². The van der Waals surface area contributed by atoms with Crippen LogP contribution in [0.2, 0.25) is 5.02 Å². The van der Waals surface area contributed by atoms with Gasteiger partial charge in [-0.2, -0.15) is 0 Å². The summed E-state index contributed by atoms with van der Waals surface area (Å²) in [5, 5.41) is 3.27. The van der Waals surface area contributed by atoms with Crippen LogP contribution < -0.4 is 20.5 Å². The molecule has 1 amide bonds. The van der Waals surface area contributed by atoms with E-state index in [1.54, 1.807) is 0 Å². The lowest BCUT2D eigenvalue weighted by Crippen LogP contribution is -2.44. The largest absolute Gasteiger partial charge is 0.486 e. The van der Waals surface area contributed by atoms with E-state index in [1.165, 1.54) is 7.11 Å². The number of ether oxygens (including phenoxy) is 3. The maximum absolute atomic E-state index is 11.6. The molecular weight excluding hydrogens is 296 g/mol. The molecule has 0 bridgehead atoms. The first-order valence-corrected chi connectivity index (χ1v) is 7.10. The van der Waals surface area contributed by atoms with Gasteiger partial charge in [0.2, 0.25) is 5.91 Å². The highest BCUT2D eigenvalue weighted by Gasteiger charge is 2.17. The molecule has 1 unspecified atom stereocenters. The van der Waals surface area contributed by atoms with E-state index >= 15 is 0 Å². The second-order valence-corrected chi connectivity index (χ2v) is 5.11. The fourth-order valence-corrected chi connectivity index (χ4v) is 2.31. The summed E-state index contributed by atoms with van der Waals surface area (Å²) in [5.41, 5.74) is 6.59. The lowest BCUT2D eigenvalue weighted by Gasteiger charge is -2.20. The van der Waals surface area contributed by atoms with Gasteiger partial charge in [-0.1, -0.05) is 11.6 Å². The Bertz CT molecular complexity index is 510. The standard InChI is InChI=1S/C14H19ClN2O4/c1-19-8-11(16)14(18)17-3-2-9-6-10(15)13-12(7-9)20-4-5-21-13/h6-7,11H,2-5,8,16H2,1H3,(H,17,18). The highest BCUT2D eigenvalue weighted by atomic mass is 35.5. The van der Waals surface area contributed by atoms with Crippen LogP contribution in [0.5, 0.6) is 11.5 Å². The number of nitrogens with two attached hydrogens (primary N) is 1. The Kier molecular flexibility index (Phi) is 5.67. The quantitative estimate of drug-likeness (QED) is 0.809. The predicted octanol–water partition coefficient (Wildman–Crippen LogP) is 0.744. The first kappa shape index (κ1) is 15.9. The van der Waals surface area contributed by atoms with E-state index in [1.807, 2.05) is 12.1 Å². The van der Waals surface area contributed by atoms with Crippen LogP contribution >= 0.6 is 11.6 Å². The summed E-state index contributed by atoms with van der Waals surface area (Å²) in [7, 11) is 1.50. The summed E-state index contributed by atoms with van der Waals surface area (Å²) >= 11 is 6.15. The predicted molar refractivity (Wildman–Crippen MR) is 79.0 cm³/mol. The maximum Gasteiger partial charge on any atom is 0.239 e. The highest BCUT2D eigenvalue weighted by molar-refractivity contribution is 6.32. The van der Waals surface area contributed by atoms with Gasteiger partial charge in [0.25, 0.3) is 0 Å². The van der Waals surface area contributed by atoms with Gasteiger partial charge in [-0.25, -0.2) is 0 Å². The van der Waals surface area contributed by atoms with E-state index in [9.17, 15) is 4.79 Å². The third-order valence-electron chi connectivity index (χ3n) is 3.05. The summed E-state index contributed by atoms with van der Waals surface area (Å²) in [4.78, 5) is 11.6. The van der Waals surface area contributed by atoms with E-state index in [-0.39, 0.29) is 12.5 Å². The molecule has 3 N–H and O–H groups in total.